The summed E-state index contributed by atoms with van der Waals surface area (Å²) in [5.41, 5.74) is 2.54. The highest BCUT2D eigenvalue weighted by molar-refractivity contribution is 7.16. The summed E-state index contributed by atoms with van der Waals surface area (Å²) in [7, 11) is 0. The lowest BCUT2D eigenvalue weighted by Gasteiger charge is -2.10. The van der Waals surface area contributed by atoms with Gasteiger partial charge in [-0.1, -0.05) is 35.0 Å². The Balaban J connectivity index is 1.73. The largest absolute Gasteiger partial charge is 0.462 e. The number of ether oxygens (including phenoxy) is 1. The summed E-state index contributed by atoms with van der Waals surface area (Å²) >= 11 is 7.52. The van der Waals surface area contributed by atoms with Gasteiger partial charge in [-0.05, 0) is 32.4 Å². The number of rotatable bonds is 5. The number of aryl methyl sites for hydroxylation is 1. The van der Waals surface area contributed by atoms with E-state index in [0.717, 1.165) is 16.0 Å². The Morgan fingerprint density at radius 3 is 2.81 bits per heavy atom. The maximum absolute atomic E-state index is 12.6. The molecule has 1 unspecified atom stereocenters. The van der Waals surface area contributed by atoms with Gasteiger partial charge in [0.1, 0.15) is 5.00 Å². The second-order valence-electron chi connectivity index (χ2n) is 6.01. The van der Waals surface area contributed by atoms with E-state index in [1.54, 1.807) is 13.0 Å². The maximum Gasteiger partial charge on any atom is 0.341 e. The minimum Gasteiger partial charge on any atom is -0.462 e. The molecule has 0 fully saturated rings. The van der Waals surface area contributed by atoms with E-state index in [4.69, 9.17) is 21.2 Å². The first-order valence-electron chi connectivity index (χ1n) is 8.48. The molecule has 142 valence electrons. The van der Waals surface area contributed by atoms with Crippen LogP contribution in [0, 0.1) is 13.8 Å². The van der Waals surface area contributed by atoms with E-state index in [0.29, 0.717) is 27.7 Å². The second kappa shape index (κ2) is 8.10. The van der Waals surface area contributed by atoms with E-state index in [9.17, 15) is 9.59 Å². The zero-order valence-corrected chi connectivity index (χ0v) is 16.7. The summed E-state index contributed by atoms with van der Waals surface area (Å²) in [6, 6.07) is 7.26. The molecule has 0 saturated carbocycles. The summed E-state index contributed by atoms with van der Waals surface area (Å²) < 4.78 is 5.11. The number of esters is 1. The molecule has 0 bridgehead atoms. The van der Waals surface area contributed by atoms with E-state index < -0.39 is 12.1 Å². The van der Waals surface area contributed by atoms with E-state index >= 15 is 0 Å². The predicted molar refractivity (Wildman–Crippen MR) is 106 cm³/mol. The van der Waals surface area contributed by atoms with Gasteiger partial charge in [0.15, 0.2) is 0 Å². The number of amides is 1. The molecular weight excluding hydrogens is 388 g/mol. The zero-order chi connectivity index (χ0) is 19.6. The van der Waals surface area contributed by atoms with Crippen molar-refractivity contribution in [3.8, 4) is 0 Å². The van der Waals surface area contributed by atoms with Gasteiger partial charge in [-0.25, -0.2) is 4.79 Å². The average molecular weight is 407 g/mol. The van der Waals surface area contributed by atoms with Crippen LogP contribution in [0.3, 0.4) is 0 Å². The number of hydrogen-bond acceptors (Lipinski definition) is 6. The lowest BCUT2D eigenvalue weighted by atomic mass is 10.0. The van der Waals surface area contributed by atoms with Crippen molar-refractivity contribution in [2.45, 2.75) is 33.3 Å². The highest BCUT2D eigenvalue weighted by Crippen LogP contribution is 2.33. The SMILES string of the molecule is CCOC(=O)c1c(NC(=O)C2CC(c3ccccc3Cl)=NO2)sc(C)c1C. The maximum atomic E-state index is 12.6. The van der Waals surface area contributed by atoms with Crippen molar-refractivity contribution < 1.29 is 19.2 Å². The number of carbonyl (C=O) groups is 2. The van der Waals surface area contributed by atoms with Crippen molar-refractivity contribution in [3.63, 3.8) is 0 Å². The van der Waals surface area contributed by atoms with Crippen LogP contribution < -0.4 is 5.32 Å². The summed E-state index contributed by atoms with van der Waals surface area (Å²) in [6.07, 6.45) is -0.484. The van der Waals surface area contributed by atoms with Gasteiger partial charge in [0, 0.05) is 21.9 Å². The fraction of sp³-hybridized carbons (Fsp3) is 0.316. The van der Waals surface area contributed by atoms with Gasteiger partial charge in [0.05, 0.1) is 17.9 Å². The standard InChI is InChI=1S/C19H19ClN2O4S/c1-4-25-19(24)16-10(2)11(3)27-18(16)21-17(23)15-9-14(22-26-15)12-7-5-6-8-13(12)20/h5-8,15H,4,9H2,1-3H3,(H,21,23). The molecule has 0 spiro atoms. The van der Waals surface area contributed by atoms with Crippen LogP contribution >= 0.6 is 22.9 Å². The third-order valence-corrected chi connectivity index (χ3v) is 5.70. The first-order chi connectivity index (χ1) is 12.9. The Morgan fingerprint density at radius 2 is 2.11 bits per heavy atom. The molecule has 0 radical (unpaired) electrons. The third-order valence-electron chi connectivity index (χ3n) is 4.25. The van der Waals surface area contributed by atoms with Gasteiger partial charge in [-0.3, -0.25) is 4.79 Å². The molecule has 1 atom stereocenters. The lowest BCUT2D eigenvalue weighted by molar-refractivity contribution is -0.125. The molecule has 0 aliphatic carbocycles. The number of anilines is 1. The van der Waals surface area contributed by atoms with Crippen molar-refractivity contribution in [2.24, 2.45) is 5.16 Å². The zero-order valence-electron chi connectivity index (χ0n) is 15.2. The molecule has 8 heteroatoms. The van der Waals surface area contributed by atoms with Gasteiger partial charge in [0.25, 0.3) is 5.91 Å². The van der Waals surface area contributed by atoms with Crippen molar-refractivity contribution in [3.05, 3.63) is 50.9 Å². The van der Waals surface area contributed by atoms with Gasteiger partial charge in [-0.2, -0.15) is 0 Å². The highest BCUT2D eigenvalue weighted by Gasteiger charge is 2.31. The summed E-state index contributed by atoms with van der Waals surface area (Å²) in [5, 5.41) is 7.80. The molecule has 2 heterocycles. The fourth-order valence-electron chi connectivity index (χ4n) is 2.73. The minimum atomic E-state index is -0.783. The van der Waals surface area contributed by atoms with Gasteiger partial charge in [0.2, 0.25) is 6.10 Å². The Labute approximate surface area is 166 Å². The molecule has 1 aliphatic rings. The van der Waals surface area contributed by atoms with Crippen LogP contribution in [0.4, 0.5) is 5.00 Å². The predicted octanol–water partition coefficient (Wildman–Crippen LogP) is 4.33. The van der Waals surface area contributed by atoms with Crippen molar-refractivity contribution >= 4 is 45.5 Å². The van der Waals surface area contributed by atoms with Gasteiger partial charge >= 0.3 is 5.97 Å². The molecule has 0 saturated heterocycles. The second-order valence-corrected chi connectivity index (χ2v) is 7.65. The van der Waals surface area contributed by atoms with Gasteiger partial charge in [-0.15, -0.1) is 11.3 Å². The number of thiophene rings is 1. The van der Waals surface area contributed by atoms with E-state index in [1.807, 2.05) is 32.0 Å². The van der Waals surface area contributed by atoms with Crippen LogP contribution in [0.1, 0.15) is 39.7 Å². The van der Waals surface area contributed by atoms with Gasteiger partial charge < -0.3 is 14.9 Å². The first-order valence-corrected chi connectivity index (χ1v) is 9.67. The van der Waals surface area contributed by atoms with Crippen LogP contribution in [0.5, 0.6) is 0 Å². The molecule has 1 aromatic carbocycles. The Bertz CT molecular complexity index is 922. The van der Waals surface area contributed by atoms with E-state index in [2.05, 4.69) is 10.5 Å². The molecule has 2 aromatic rings. The third kappa shape index (κ3) is 3.99. The smallest absolute Gasteiger partial charge is 0.341 e. The van der Waals surface area contributed by atoms with Crippen LogP contribution in [-0.2, 0) is 14.4 Å². The topological polar surface area (TPSA) is 77.0 Å². The number of nitrogens with zero attached hydrogens (tertiary/aromatic N) is 1. The summed E-state index contributed by atoms with van der Waals surface area (Å²) in [5.74, 6) is -0.817. The number of oxime groups is 1. The molecule has 1 N–H and O–H groups in total. The Kier molecular flexibility index (Phi) is 5.82. The molecule has 27 heavy (non-hydrogen) atoms. The molecule has 1 aliphatic heterocycles. The summed E-state index contributed by atoms with van der Waals surface area (Å²) in [4.78, 5) is 31.1. The number of benzene rings is 1. The van der Waals surface area contributed by atoms with Crippen LogP contribution in [0.25, 0.3) is 0 Å². The number of halogens is 1. The van der Waals surface area contributed by atoms with Crippen molar-refractivity contribution in [1.29, 1.82) is 0 Å². The Morgan fingerprint density at radius 1 is 1.37 bits per heavy atom. The van der Waals surface area contributed by atoms with Crippen molar-refractivity contribution in [2.75, 3.05) is 11.9 Å². The minimum absolute atomic E-state index is 0.265. The monoisotopic (exact) mass is 406 g/mol. The lowest BCUT2D eigenvalue weighted by Crippen LogP contribution is -2.28. The summed E-state index contributed by atoms with van der Waals surface area (Å²) in [6.45, 7) is 5.73. The fourth-order valence-corrected chi connectivity index (χ4v) is 4.03. The van der Waals surface area contributed by atoms with Crippen LogP contribution in [0.2, 0.25) is 5.02 Å². The molecule has 3 rings (SSSR count). The first kappa shape index (κ1) is 19.4. The normalized spacial score (nSPS) is 15.9. The van der Waals surface area contributed by atoms with Crippen LogP contribution in [0.15, 0.2) is 29.4 Å². The molecular formula is C19H19ClN2O4S. The highest BCUT2D eigenvalue weighted by atomic mass is 35.5. The van der Waals surface area contributed by atoms with E-state index in [1.165, 1.54) is 11.3 Å². The van der Waals surface area contributed by atoms with E-state index in [-0.39, 0.29) is 12.5 Å². The number of hydrogen-bond donors (Lipinski definition) is 1. The molecule has 6 nitrogen and oxygen atoms in total. The Hall–Kier alpha value is -2.38. The van der Waals surface area contributed by atoms with Crippen molar-refractivity contribution in [1.82, 2.24) is 0 Å². The quantitative estimate of drug-likeness (QED) is 0.750. The molecule has 1 aromatic heterocycles. The average Bonchev–Trinajstić information content (AvgIpc) is 3.21. The number of nitrogens with one attached hydrogen (secondary N) is 1. The molecule has 1 amide bonds. The van der Waals surface area contributed by atoms with Crippen LogP contribution in [-0.4, -0.2) is 30.3 Å². The number of carbonyl (C=O) groups excluding carboxylic acids is 2.